The Morgan fingerprint density at radius 2 is 1.89 bits per heavy atom. The molecule has 5 N–H and O–H groups in total. The molecule has 192 valence electrons. The molecule has 2 heterocycles. The van der Waals surface area contributed by atoms with Crippen molar-refractivity contribution < 1.29 is 18.7 Å². The molecule has 0 saturated heterocycles. The van der Waals surface area contributed by atoms with E-state index >= 15 is 0 Å². The highest BCUT2D eigenvalue weighted by molar-refractivity contribution is 6.30. The fourth-order valence-electron chi connectivity index (χ4n) is 5.23. The van der Waals surface area contributed by atoms with Crippen LogP contribution in [0.2, 0.25) is 5.02 Å². The standard InChI is InChI=1S/C24H28ClF2N7O2/c25-16-9-18(27)19(10-17(16)26)31-24-32-20-11-29-23(30-13-2-1-3-15(35)8-13)33-22(20)34(24)14-6-4-12(5-7-14)21(28)36/h9-15,35H,1-8H2,(H2,28,36)(H,31,32)(H,29,30,33)/t12-,13-,14+,15-/m0/s1. The number of carbonyl (C=O) groups excluding carboxylic acids is 1. The molecule has 5 rings (SSSR count). The molecule has 0 aliphatic heterocycles. The number of aromatic nitrogens is 4. The van der Waals surface area contributed by atoms with Gasteiger partial charge in [-0.05, 0) is 57.4 Å². The molecule has 0 bridgehead atoms. The van der Waals surface area contributed by atoms with Crippen molar-refractivity contribution in [3.8, 4) is 0 Å². The van der Waals surface area contributed by atoms with Crippen molar-refractivity contribution >= 4 is 46.3 Å². The van der Waals surface area contributed by atoms with Gasteiger partial charge in [0.25, 0.3) is 0 Å². The van der Waals surface area contributed by atoms with E-state index in [4.69, 9.17) is 22.3 Å². The number of aliphatic hydroxyl groups excluding tert-OH is 1. The number of hydrogen-bond donors (Lipinski definition) is 4. The van der Waals surface area contributed by atoms with Crippen molar-refractivity contribution in [2.75, 3.05) is 10.6 Å². The summed E-state index contributed by atoms with van der Waals surface area (Å²) >= 11 is 5.71. The maximum Gasteiger partial charge on any atom is 0.224 e. The molecule has 0 spiro atoms. The minimum absolute atomic E-state index is 0.0531. The summed E-state index contributed by atoms with van der Waals surface area (Å²) in [4.78, 5) is 25.4. The van der Waals surface area contributed by atoms with E-state index in [0.717, 1.165) is 31.4 Å². The summed E-state index contributed by atoms with van der Waals surface area (Å²) in [5, 5.41) is 15.9. The molecule has 0 unspecified atom stereocenters. The molecule has 0 radical (unpaired) electrons. The molecule has 2 saturated carbocycles. The largest absolute Gasteiger partial charge is 0.393 e. The second-order valence-electron chi connectivity index (χ2n) is 9.65. The molecule has 3 aromatic rings. The summed E-state index contributed by atoms with van der Waals surface area (Å²) in [7, 11) is 0. The number of primary amides is 1. The third-order valence-electron chi connectivity index (χ3n) is 7.13. The van der Waals surface area contributed by atoms with Gasteiger partial charge in [0.05, 0.1) is 23.0 Å². The second kappa shape index (κ2) is 10.1. The van der Waals surface area contributed by atoms with Gasteiger partial charge in [0, 0.05) is 24.1 Å². The number of nitrogens with two attached hydrogens (primary N) is 1. The van der Waals surface area contributed by atoms with Crippen molar-refractivity contribution in [1.29, 1.82) is 0 Å². The number of benzene rings is 1. The lowest BCUT2D eigenvalue weighted by atomic mass is 9.85. The van der Waals surface area contributed by atoms with Gasteiger partial charge in [-0.2, -0.15) is 4.98 Å². The van der Waals surface area contributed by atoms with Crippen molar-refractivity contribution in [3.05, 3.63) is 35.0 Å². The highest BCUT2D eigenvalue weighted by Crippen LogP contribution is 2.37. The van der Waals surface area contributed by atoms with Crippen molar-refractivity contribution in [1.82, 2.24) is 19.5 Å². The van der Waals surface area contributed by atoms with Crippen LogP contribution in [-0.4, -0.2) is 42.7 Å². The van der Waals surface area contributed by atoms with Crippen molar-refractivity contribution in [2.45, 2.75) is 69.6 Å². The quantitative estimate of drug-likeness (QED) is 0.354. The lowest BCUT2D eigenvalue weighted by molar-refractivity contribution is -0.122. The lowest BCUT2D eigenvalue weighted by Gasteiger charge is -2.29. The Morgan fingerprint density at radius 3 is 2.61 bits per heavy atom. The Balaban J connectivity index is 1.51. The summed E-state index contributed by atoms with van der Waals surface area (Å²) in [5.74, 6) is -1.30. The Morgan fingerprint density at radius 1 is 1.11 bits per heavy atom. The normalized spacial score (nSPS) is 24.6. The number of carbonyl (C=O) groups is 1. The van der Waals surface area contributed by atoms with Crippen LogP contribution in [0.25, 0.3) is 11.2 Å². The first-order valence-electron chi connectivity index (χ1n) is 12.2. The third-order valence-corrected chi connectivity index (χ3v) is 7.42. The fraction of sp³-hybridized carbons (Fsp3) is 0.500. The van der Waals surface area contributed by atoms with Crippen LogP contribution < -0.4 is 16.4 Å². The summed E-state index contributed by atoms with van der Waals surface area (Å²) in [6.07, 6.45) is 6.97. The van der Waals surface area contributed by atoms with E-state index in [-0.39, 0.29) is 46.7 Å². The number of rotatable bonds is 6. The van der Waals surface area contributed by atoms with Crippen LogP contribution in [0.4, 0.5) is 26.4 Å². The maximum atomic E-state index is 14.6. The topological polar surface area (TPSA) is 131 Å². The second-order valence-corrected chi connectivity index (χ2v) is 10.1. The zero-order valence-corrected chi connectivity index (χ0v) is 20.3. The van der Waals surface area contributed by atoms with Crippen LogP contribution in [-0.2, 0) is 4.79 Å². The zero-order valence-electron chi connectivity index (χ0n) is 19.6. The Kier molecular flexibility index (Phi) is 6.94. The summed E-state index contributed by atoms with van der Waals surface area (Å²) in [6, 6.07) is 1.85. The summed E-state index contributed by atoms with van der Waals surface area (Å²) in [6.45, 7) is 0. The smallest absolute Gasteiger partial charge is 0.224 e. The molecule has 2 aliphatic carbocycles. The highest BCUT2D eigenvalue weighted by Gasteiger charge is 2.30. The molecule has 12 heteroatoms. The van der Waals surface area contributed by atoms with Gasteiger partial charge in [-0.3, -0.25) is 9.36 Å². The molecule has 2 fully saturated rings. The molecule has 36 heavy (non-hydrogen) atoms. The number of nitrogens with one attached hydrogen (secondary N) is 2. The number of imidazole rings is 1. The predicted molar refractivity (Wildman–Crippen MR) is 132 cm³/mol. The molecule has 1 amide bonds. The average molecular weight is 520 g/mol. The van der Waals surface area contributed by atoms with E-state index in [2.05, 4.69) is 20.6 Å². The number of halogens is 3. The van der Waals surface area contributed by atoms with E-state index in [9.17, 15) is 18.7 Å². The van der Waals surface area contributed by atoms with Gasteiger partial charge in [-0.1, -0.05) is 11.6 Å². The first-order chi connectivity index (χ1) is 17.3. The summed E-state index contributed by atoms with van der Waals surface area (Å²) in [5.41, 5.74) is 6.42. The van der Waals surface area contributed by atoms with E-state index in [1.807, 2.05) is 4.57 Å². The first-order valence-corrected chi connectivity index (χ1v) is 12.6. The number of hydrogen-bond acceptors (Lipinski definition) is 7. The van der Waals surface area contributed by atoms with Crippen LogP contribution >= 0.6 is 11.6 Å². The van der Waals surface area contributed by atoms with E-state index in [0.29, 0.717) is 49.2 Å². The van der Waals surface area contributed by atoms with Crippen LogP contribution in [0.15, 0.2) is 18.3 Å². The molecular formula is C24H28ClF2N7O2. The molecule has 1 aromatic carbocycles. The van der Waals surface area contributed by atoms with Gasteiger partial charge < -0.3 is 21.5 Å². The lowest BCUT2D eigenvalue weighted by Crippen LogP contribution is -2.30. The minimum Gasteiger partial charge on any atom is -0.393 e. The monoisotopic (exact) mass is 519 g/mol. The molecule has 9 nitrogen and oxygen atoms in total. The summed E-state index contributed by atoms with van der Waals surface area (Å²) < 4.78 is 30.5. The SMILES string of the molecule is NC(=O)[C@H]1CC[C@@H](n2c(Nc3cc(F)c(Cl)cc3F)nc3cnc(N[C@H]4CCC[C@H](O)C4)nc32)CC1. The van der Waals surface area contributed by atoms with E-state index in [1.165, 1.54) is 0 Å². The first kappa shape index (κ1) is 24.6. The Hall–Kier alpha value is -3.05. The number of aliphatic hydroxyl groups is 1. The van der Waals surface area contributed by atoms with Gasteiger partial charge in [-0.15, -0.1) is 0 Å². The average Bonchev–Trinajstić information content (AvgIpc) is 3.19. The van der Waals surface area contributed by atoms with Gasteiger partial charge in [0.1, 0.15) is 17.2 Å². The third kappa shape index (κ3) is 5.08. The number of nitrogens with zero attached hydrogens (tertiary/aromatic N) is 4. The van der Waals surface area contributed by atoms with Crippen LogP contribution in [0.5, 0.6) is 0 Å². The number of anilines is 3. The van der Waals surface area contributed by atoms with Crippen LogP contribution in [0.1, 0.15) is 57.4 Å². The number of fused-ring (bicyclic) bond motifs is 1. The zero-order chi connectivity index (χ0) is 25.4. The molecule has 2 aromatic heterocycles. The van der Waals surface area contributed by atoms with E-state index in [1.54, 1.807) is 6.20 Å². The molecular weight excluding hydrogens is 492 g/mol. The van der Waals surface area contributed by atoms with Crippen LogP contribution in [0.3, 0.4) is 0 Å². The Labute approximate surface area is 211 Å². The molecule has 2 aliphatic rings. The Bertz CT molecular complexity index is 1280. The molecule has 2 atom stereocenters. The van der Waals surface area contributed by atoms with Gasteiger partial charge in [0.2, 0.25) is 17.8 Å². The highest BCUT2D eigenvalue weighted by atomic mass is 35.5. The number of amides is 1. The van der Waals surface area contributed by atoms with Crippen LogP contribution in [0, 0.1) is 17.6 Å². The minimum atomic E-state index is -0.758. The van der Waals surface area contributed by atoms with E-state index < -0.39 is 11.6 Å². The van der Waals surface area contributed by atoms with Gasteiger partial charge in [0.15, 0.2) is 5.65 Å². The van der Waals surface area contributed by atoms with Gasteiger partial charge >= 0.3 is 0 Å². The van der Waals surface area contributed by atoms with Crippen molar-refractivity contribution in [3.63, 3.8) is 0 Å². The fourth-order valence-corrected chi connectivity index (χ4v) is 5.38. The predicted octanol–water partition coefficient (Wildman–Crippen LogP) is 4.43. The maximum absolute atomic E-state index is 14.6. The van der Waals surface area contributed by atoms with Crippen molar-refractivity contribution in [2.24, 2.45) is 11.7 Å². The van der Waals surface area contributed by atoms with Gasteiger partial charge in [-0.25, -0.2) is 18.7 Å².